The van der Waals surface area contributed by atoms with Gasteiger partial charge in [0.15, 0.2) is 23.7 Å². The number of hydrogen-bond donors (Lipinski definition) is 3. The molecule has 2 aliphatic heterocycles. The van der Waals surface area contributed by atoms with Crippen LogP contribution < -0.4 is 4.74 Å². The monoisotopic (exact) mass is 925 g/mol. The average molecular weight is 926 g/mol. The van der Waals surface area contributed by atoms with Crippen LogP contribution in [0.2, 0.25) is 0 Å². The van der Waals surface area contributed by atoms with Gasteiger partial charge in [-0.05, 0) is 75.6 Å². The van der Waals surface area contributed by atoms with E-state index >= 15 is 9.59 Å². The van der Waals surface area contributed by atoms with Crippen molar-refractivity contribution in [1.29, 1.82) is 0 Å². The van der Waals surface area contributed by atoms with E-state index < -0.39 is 119 Å². The van der Waals surface area contributed by atoms with Gasteiger partial charge in [0, 0.05) is 30.7 Å². The quantitative estimate of drug-likeness (QED) is 0.140. The molecule has 3 N–H and O–H groups in total. The number of Topliss-reactive ketones (excluding diaryl/α,β-unsaturated/α-hetero) is 1. The second-order valence-electron chi connectivity index (χ2n) is 20.0. The maximum Gasteiger partial charge on any atom is 0.413 e. The van der Waals surface area contributed by atoms with E-state index in [1.807, 2.05) is 0 Å². The molecule has 3 aromatic rings. The summed E-state index contributed by atoms with van der Waals surface area (Å²) in [5.74, 6) is -4.50. The Morgan fingerprint density at radius 1 is 0.866 bits per heavy atom. The summed E-state index contributed by atoms with van der Waals surface area (Å²) in [5.41, 5.74) is -7.41. The van der Waals surface area contributed by atoms with Gasteiger partial charge in [0.05, 0.1) is 36.7 Å². The predicted octanol–water partition coefficient (Wildman–Crippen LogP) is 5.72. The molecule has 2 saturated carbocycles. The van der Waals surface area contributed by atoms with Crippen LogP contribution in [0.1, 0.15) is 102 Å². The van der Waals surface area contributed by atoms with Gasteiger partial charge >= 0.3 is 24.0 Å². The van der Waals surface area contributed by atoms with Crippen molar-refractivity contribution in [2.24, 2.45) is 16.7 Å². The number of carbonyl (C=O) groups is 5. The molecule has 0 radical (unpaired) electrons. The molecule has 2 heterocycles. The van der Waals surface area contributed by atoms with Crippen molar-refractivity contribution in [3.05, 3.63) is 113 Å². The Balaban J connectivity index is 1.27. The molecular formula is C51H59NO15. The Morgan fingerprint density at radius 2 is 1.49 bits per heavy atom. The van der Waals surface area contributed by atoms with E-state index in [0.717, 1.165) is 0 Å². The third-order valence-electron chi connectivity index (χ3n) is 14.7. The van der Waals surface area contributed by atoms with Crippen molar-refractivity contribution < 1.29 is 72.5 Å². The fraction of sp³-hybridized carbons (Fsp3) is 0.510. The molecule has 2 saturated heterocycles. The Labute approximate surface area is 389 Å². The fourth-order valence-electron chi connectivity index (χ4n) is 11.3. The Bertz CT molecular complexity index is 2450. The molecule has 0 aromatic heterocycles. The van der Waals surface area contributed by atoms with Crippen LogP contribution in [0.15, 0.2) is 96.1 Å². The summed E-state index contributed by atoms with van der Waals surface area (Å²) in [6, 6.07) is 22.3. The molecule has 67 heavy (non-hydrogen) atoms. The number of benzene rings is 3. The normalized spacial score (nSPS) is 34.3. The van der Waals surface area contributed by atoms with Crippen LogP contribution >= 0.6 is 0 Å². The number of amides is 1. The zero-order chi connectivity index (χ0) is 48.6. The zero-order valence-corrected chi connectivity index (χ0v) is 39.1. The van der Waals surface area contributed by atoms with Crippen molar-refractivity contribution in [2.75, 3.05) is 13.7 Å². The van der Waals surface area contributed by atoms with Crippen molar-refractivity contribution in [3.8, 4) is 5.75 Å². The first-order valence-electron chi connectivity index (χ1n) is 22.5. The molecule has 3 aromatic carbocycles. The molecule has 1 unspecified atom stereocenters. The van der Waals surface area contributed by atoms with Crippen molar-refractivity contribution in [3.63, 3.8) is 0 Å². The van der Waals surface area contributed by atoms with E-state index in [-0.39, 0.29) is 29.7 Å². The summed E-state index contributed by atoms with van der Waals surface area (Å²) >= 11 is 0. The molecule has 1 amide bonds. The first-order valence-corrected chi connectivity index (χ1v) is 22.5. The van der Waals surface area contributed by atoms with Crippen LogP contribution in [0.4, 0.5) is 4.79 Å². The number of ether oxygens (including phenoxy) is 7. The number of hydrogen-bond acceptors (Lipinski definition) is 15. The Morgan fingerprint density at radius 3 is 2.06 bits per heavy atom. The van der Waals surface area contributed by atoms with Crippen LogP contribution in [0, 0.1) is 16.7 Å². The van der Waals surface area contributed by atoms with Crippen LogP contribution in [0.25, 0.3) is 0 Å². The highest BCUT2D eigenvalue weighted by molar-refractivity contribution is 5.94. The highest BCUT2D eigenvalue weighted by Crippen LogP contribution is 2.64. The molecule has 2 bridgehead atoms. The molecule has 16 nitrogen and oxygen atoms in total. The average Bonchev–Trinajstić information content (AvgIpc) is 3.69. The number of nitrogens with zero attached hydrogens (tertiary/aromatic N) is 1. The number of aliphatic hydroxyl groups is 3. The maximum atomic E-state index is 15.2. The highest BCUT2D eigenvalue weighted by atomic mass is 16.6. The topological polar surface area (TPSA) is 214 Å². The van der Waals surface area contributed by atoms with E-state index in [4.69, 9.17) is 33.2 Å². The summed E-state index contributed by atoms with van der Waals surface area (Å²) in [6.07, 6.45) is -11.9. The molecule has 3 aliphatic carbocycles. The largest absolute Gasteiger partial charge is 0.497 e. The summed E-state index contributed by atoms with van der Waals surface area (Å²) in [7, 11) is 1.52. The molecule has 12 atom stereocenters. The fourth-order valence-corrected chi connectivity index (χ4v) is 11.3. The molecule has 5 aliphatic rings. The minimum absolute atomic E-state index is 0.0244. The Hall–Kier alpha value is -5.65. The predicted molar refractivity (Wildman–Crippen MR) is 237 cm³/mol. The molecule has 16 heteroatoms. The van der Waals surface area contributed by atoms with Gasteiger partial charge in [0.2, 0.25) is 0 Å². The molecule has 4 fully saturated rings. The summed E-state index contributed by atoms with van der Waals surface area (Å²) in [5, 5.41) is 38.2. The zero-order valence-electron chi connectivity index (χ0n) is 39.1. The van der Waals surface area contributed by atoms with Gasteiger partial charge < -0.3 is 48.5 Å². The van der Waals surface area contributed by atoms with Gasteiger partial charge in [-0.25, -0.2) is 14.4 Å². The van der Waals surface area contributed by atoms with E-state index in [1.54, 1.807) is 114 Å². The number of ketones is 1. The lowest BCUT2D eigenvalue weighted by Crippen LogP contribution is -2.81. The lowest BCUT2D eigenvalue weighted by molar-refractivity contribution is -0.346. The van der Waals surface area contributed by atoms with E-state index in [1.165, 1.54) is 38.0 Å². The number of rotatable bonds is 8. The maximum absolute atomic E-state index is 15.2. The van der Waals surface area contributed by atoms with Crippen molar-refractivity contribution in [2.45, 2.75) is 134 Å². The number of carbonyl (C=O) groups excluding carboxylic acids is 5. The van der Waals surface area contributed by atoms with Crippen molar-refractivity contribution >= 4 is 29.8 Å². The number of aliphatic hydroxyl groups excluding tert-OH is 2. The SMILES string of the molecule is COc1ccc([C@H]2OC(C(=O)O[C@H]3C[C@@]4(O)[C@@H](OC(=O)c5ccccc5)[C@@H]5[C@]6(OC(C)=O)CO[C@@H]6C[C@H](O)[C@@]5(C)C(=O)[C@H](O)C(=C3C)C4(C)C)[C@H](c3ccccc3)N2C(=O)OC(C)(C)C)cc1. The van der Waals surface area contributed by atoms with Gasteiger partial charge in [0.1, 0.15) is 47.4 Å². The van der Waals surface area contributed by atoms with E-state index in [0.29, 0.717) is 16.9 Å². The number of fused-ring (bicyclic) bond motifs is 5. The lowest BCUT2D eigenvalue weighted by atomic mass is 9.44. The second kappa shape index (κ2) is 17.1. The van der Waals surface area contributed by atoms with Gasteiger partial charge in [0.25, 0.3) is 0 Å². The van der Waals surface area contributed by atoms with Gasteiger partial charge in [-0.2, -0.15) is 0 Å². The van der Waals surface area contributed by atoms with Crippen LogP contribution in [0.3, 0.4) is 0 Å². The van der Waals surface area contributed by atoms with Gasteiger partial charge in [-0.3, -0.25) is 14.5 Å². The van der Waals surface area contributed by atoms with Gasteiger partial charge in [-0.1, -0.05) is 74.5 Å². The standard InChI is InChI=1S/C51H59NO15/c1-27-33(63-45(58)39-37(29-16-12-10-13-17-29)52(46(59)67-47(3,4)5)43(64-39)30-20-22-32(61-9)23-21-30)25-51(60)42(65-44(57)31-18-14-11-15-19-31)40-49(8,41(56)38(55)36(27)48(51,6)7)34(54)24-35-50(40,26-62-35)66-28(2)53/h10-23,33-35,37-40,42-43,54-55,60H,24-26H2,1-9H3/t33-,34-,35+,37-,38+,39?,40-,42-,43+,49+,50-,51+/m0/s1. The summed E-state index contributed by atoms with van der Waals surface area (Å²) in [6.45, 7) is 12.2. The number of methoxy groups -OCH3 is 1. The van der Waals surface area contributed by atoms with Crippen LogP contribution in [-0.2, 0) is 42.8 Å². The summed E-state index contributed by atoms with van der Waals surface area (Å²) < 4.78 is 42.7. The number of esters is 3. The molecular weight excluding hydrogens is 867 g/mol. The minimum atomic E-state index is -2.35. The van der Waals surface area contributed by atoms with Crippen LogP contribution in [-0.4, -0.2) is 117 Å². The second-order valence-corrected chi connectivity index (χ2v) is 20.0. The van der Waals surface area contributed by atoms with E-state index in [9.17, 15) is 29.7 Å². The minimum Gasteiger partial charge on any atom is -0.497 e. The first-order chi connectivity index (χ1) is 31.5. The third-order valence-corrected chi connectivity index (χ3v) is 14.7. The molecule has 0 spiro atoms. The Kier molecular flexibility index (Phi) is 12.2. The van der Waals surface area contributed by atoms with Gasteiger partial charge in [-0.15, -0.1) is 0 Å². The van der Waals surface area contributed by atoms with Crippen molar-refractivity contribution in [1.82, 2.24) is 4.90 Å². The smallest absolute Gasteiger partial charge is 0.413 e. The van der Waals surface area contributed by atoms with E-state index in [2.05, 4.69) is 0 Å². The summed E-state index contributed by atoms with van der Waals surface area (Å²) in [4.78, 5) is 73.4. The highest BCUT2D eigenvalue weighted by Gasteiger charge is 2.78. The lowest BCUT2D eigenvalue weighted by Gasteiger charge is -2.67. The molecule has 8 rings (SSSR count). The first kappa shape index (κ1) is 47.8. The van der Waals surface area contributed by atoms with Crippen LogP contribution in [0.5, 0.6) is 5.75 Å². The third kappa shape index (κ3) is 7.80. The molecule has 358 valence electrons.